The molecule has 17 heavy (non-hydrogen) atoms. The van der Waals surface area contributed by atoms with Crippen LogP contribution in [0.25, 0.3) is 0 Å². The molecule has 90 valence electrons. The molecule has 1 aliphatic carbocycles. The van der Waals surface area contributed by atoms with Gasteiger partial charge in [0.05, 0.1) is 5.57 Å². The molecule has 2 aliphatic rings. The zero-order chi connectivity index (χ0) is 12.4. The number of hydrogen-bond donors (Lipinski definition) is 0. The molecule has 0 saturated carbocycles. The molecule has 1 heterocycles. The minimum Gasteiger partial charge on any atom is -0.450 e. The molecule has 2 rings (SSSR count). The summed E-state index contributed by atoms with van der Waals surface area (Å²) in [5, 5.41) is 0. The SMILES string of the molecule is C=C1C(=O)O[C@@H]2/C=C(\C)CC/C=C(\C)CC=C12. The molecule has 0 spiro atoms. The first-order valence-corrected chi connectivity index (χ1v) is 6.01. The van der Waals surface area contributed by atoms with Crippen LogP contribution in [-0.2, 0) is 9.53 Å². The molecule has 0 aromatic heterocycles. The van der Waals surface area contributed by atoms with E-state index in [0.29, 0.717) is 5.57 Å². The smallest absolute Gasteiger partial charge is 0.338 e. The van der Waals surface area contributed by atoms with E-state index in [1.807, 2.05) is 6.08 Å². The van der Waals surface area contributed by atoms with Gasteiger partial charge in [0, 0.05) is 5.57 Å². The van der Waals surface area contributed by atoms with Crippen molar-refractivity contribution in [2.45, 2.75) is 39.2 Å². The first-order valence-electron chi connectivity index (χ1n) is 6.01. The molecular formula is C15H18O2. The molecule has 1 atom stereocenters. The van der Waals surface area contributed by atoms with Crippen LogP contribution in [0.3, 0.4) is 0 Å². The maximum atomic E-state index is 11.5. The van der Waals surface area contributed by atoms with E-state index in [2.05, 4.69) is 32.6 Å². The van der Waals surface area contributed by atoms with Gasteiger partial charge in [0.1, 0.15) is 6.10 Å². The van der Waals surface area contributed by atoms with E-state index in [9.17, 15) is 4.79 Å². The maximum Gasteiger partial charge on any atom is 0.338 e. The van der Waals surface area contributed by atoms with Crippen molar-refractivity contribution in [1.82, 2.24) is 0 Å². The fourth-order valence-electron chi connectivity index (χ4n) is 2.14. The Bertz CT molecular complexity index is 450. The second-order valence-corrected chi connectivity index (χ2v) is 4.77. The van der Waals surface area contributed by atoms with Crippen LogP contribution >= 0.6 is 0 Å². The van der Waals surface area contributed by atoms with E-state index in [1.165, 1.54) is 11.1 Å². The first-order chi connectivity index (χ1) is 8.08. The Hall–Kier alpha value is -1.57. The molecule has 0 radical (unpaired) electrons. The van der Waals surface area contributed by atoms with Gasteiger partial charge < -0.3 is 4.74 Å². The van der Waals surface area contributed by atoms with E-state index in [0.717, 1.165) is 24.8 Å². The van der Waals surface area contributed by atoms with Crippen molar-refractivity contribution >= 4 is 5.97 Å². The fraction of sp³-hybridized carbons (Fsp3) is 0.400. The summed E-state index contributed by atoms with van der Waals surface area (Å²) >= 11 is 0. The minimum absolute atomic E-state index is 0.221. The Morgan fingerprint density at radius 2 is 2.06 bits per heavy atom. The lowest BCUT2D eigenvalue weighted by atomic mass is 9.97. The second kappa shape index (κ2) is 4.74. The highest BCUT2D eigenvalue weighted by atomic mass is 16.5. The number of allylic oxidation sites excluding steroid dienone is 4. The number of hydrogen-bond acceptors (Lipinski definition) is 2. The summed E-state index contributed by atoms with van der Waals surface area (Å²) in [6.07, 6.45) is 9.09. The summed E-state index contributed by atoms with van der Waals surface area (Å²) in [5.41, 5.74) is 4.03. The quantitative estimate of drug-likeness (QED) is 0.362. The molecule has 0 bridgehead atoms. The summed E-state index contributed by atoms with van der Waals surface area (Å²) in [7, 11) is 0. The van der Waals surface area contributed by atoms with E-state index < -0.39 is 0 Å². The Morgan fingerprint density at radius 1 is 1.29 bits per heavy atom. The van der Waals surface area contributed by atoms with Gasteiger partial charge in [-0.2, -0.15) is 0 Å². The van der Waals surface area contributed by atoms with Crippen LogP contribution in [0.5, 0.6) is 0 Å². The lowest BCUT2D eigenvalue weighted by molar-refractivity contribution is -0.137. The van der Waals surface area contributed by atoms with Crippen LogP contribution in [-0.4, -0.2) is 12.1 Å². The Balaban J connectivity index is 2.37. The number of ether oxygens (including phenoxy) is 1. The zero-order valence-corrected chi connectivity index (χ0v) is 10.5. The van der Waals surface area contributed by atoms with Crippen molar-refractivity contribution in [2.75, 3.05) is 0 Å². The van der Waals surface area contributed by atoms with Crippen LogP contribution in [0.2, 0.25) is 0 Å². The highest BCUT2D eigenvalue weighted by Crippen LogP contribution is 2.29. The second-order valence-electron chi connectivity index (χ2n) is 4.77. The predicted molar refractivity (Wildman–Crippen MR) is 68.5 cm³/mol. The van der Waals surface area contributed by atoms with E-state index in [1.54, 1.807) is 0 Å². The highest BCUT2D eigenvalue weighted by Gasteiger charge is 2.31. The van der Waals surface area contributed by atoms with Gasteiger partial charge in [-0.25, -0.2) is 4.79 Å². The van der Waals surface area contributed by atoms with Crippen molar-refractivity contribution in [3.05, 3.63) is 47.1 Å². The van der Waals surface area contributed by atoms with Crippen molar-refractivity contribution < 1.29 is 9.53 Å². The third-order valence-corrected chi connectivity index (χ3v) is 3.25. The molecule has 0 amide bonds. The predicted octanol–water partition coefficient (Wildman–Crippen LogP) is 3.47. The molecule has 0 unspecified atom stereocenters. The lowest BCUT2D eigenvalue weighted by Gasteiger charge is -2.10. The first kappa shape index (κ1) is 11.9. The molecule has 0 N–H and O–H groups in total. The summed E-state index contributed by atoms with van der Waals surface area (Å²) in [6.45, 7) is 8.00. The number of carbonyl (C=O) groups excluding carboxylic acids is 1. The molecule has 1 fully saturated rings. The lowest BCUT2D eigenvalue weighted by Crippen LogP contribution is -2.06. The van der Waals surface area contributed by atoms with Gasteiger partial charge in [-0.3, -0.25) is 0 Å². The highest BCUT2D eigenvalue weighted by molar-refractivity contribution is 5.96. The fourth-order valence-corrected chi connectivity index (χ4v) is 2.14. The Morgan fingerprint density at radius 3 is 2.82 bits per heavy atom. The van der Waals surface area contributed by atoms with E-state index in [-0.39, 0.29) is 12.1 Å². The standard InChI is InChI=1S/C15H18O2/c1-10-5-4-6-11(2)9-14-13(8-7-10)12(3)15(16)17-14/h5,8-9,14H,3-4,6-7H2,1-2H3/b10-5+,11-9+,13-8?/t14-/m1/s1. The zero-order valence-electron chi connectivity index (χ0n) is 10.5. The Kier molecular flexibility index (Phi) is 3.32. The van der Waals surface area contributed by atoms with E-state index >= 15 is 0 Å². The summed E-state index contributed by atoms with van der Waals surface area (Å²) in [5.74, 6) is -0.286. The molecular weight excluding hydrogens is 212 g/mol. The molecule has 2 heteroatoms. The average Bonchev–Trinajstić information content (AvgIpc) is 2.52. The van der Waals surface area contributed by atoms with Gasteiger partial charge in [-0.05, 0) is 39.2 Å². The molecule has 1 aliphatic heterocycles. The van der Waals surface area contributed by atoms with Crippen molar-refractivity contribution in [3.63, 3.8) is 0 Å². The van der Waals surface area contributed by atoms with Gasteiger partial charge >= 0.3 is 5.97 Å². The van der Waals surface area contributed by atoms with Crippen molar-refractivity contribution in [3.8, 4) is 0 Å². The summed E-state index contributed by atoms with van der Waals surface area (Å²) < 4.78 is 5.31. The average molecular weight is 230 g/mol. The van der Waals surface area contributed by atoms with Gasteiger partial charge in [-0.1, -0.05) is 29.9 Å². The van der Waals surface area contributed by atoms with Gasteiger partial charge in [0.2, 0.25) is 0 Å². The Labute approximate surface area is 102 Å². The van der Waals surface area contributed by atoms with Crippen LogP contribution < -0.4 is 0 Å². The monoisotopic (exact) mass is 230 g/mol. The van der Waals surface area contributed by atoms with Crippen molar-refractivity contribution in [1.29, 1.82) is 0 Å². The number of fused-ring (bicyclic) bond motifs is 1. The molecule has 2 nitrogen and oxygen atoms in total. The van der Waals surface area contributed by atoms with Crippen LogP contribution in [0.4, 0.5) is 0 Å². The largest absolute Gasteiger partial charge is 0.450 e. The third kappa shape index (κ3) is 2.57. The van der Waals surface area contributed by atoms with Crippen LogP contribution in [0.1, 0.15) is 33.1 Å². The normalized spacial score (nSPS) is 31.6. The minimum atomic E-state index is -0.286. The molecule has 0 aromatic carbocycles. The maximum absolute atomic E-state index is 11.5. The summed E-state index contributed by atoms with van der Waals surface area (Å²) in [6, 6.07) is 0. The topological polar surface area (TPSA) is 26.3 Å². The number of rotatable bonds is 0. The number of carbonyl (C=O) groups is 1. The van der Waals surface area contributed by atoms with Crippen LogP contribution in [0.15, 0.2) is 47.1 Å². The summed E-state index contributed by atoms with van der Waals surface area (Å²) in [4.78, 5) is 11.5. The number of esters is 1. The molecule has 1 saturated heterocycles. The van der Waals surface area contributed by atoms with E-state index in [4.69, 9.17) is 4.74 Å². The third-order valence-electron chi connectivity index (χ3n) is 3.25. The van der Waals surface area contributed by atoms with Gasteiger partial charge in [-0.15, -0.1) is 0 Å². The van der Waals surface area contributed by atoms with Gasteiger partial charge in [0.15, 0.2) is 0 Å². The molecule has 0 aromatic rings. The van der Waals surface area contributed by atoms with Gasteiger partial charge in [0.25, 0.3) is 0 Å². The van der Waals surface area contributed by atoms with Crippen molar-refractivity contribution in [2.24, 2.45) is 0 Å². The van der Waals surface area contributed by atoms with Crippen LogP contribution in [0, 0.1) is 0 Å².